The van der Waals surface area contributed by atoms with Gasteiger partial charge in [0.05, 0.1) is 0 Å². The molecule has 0 aliphatic carbocycles. The Hall–Kier alpha value is -0.560. The highest BCUT2D eigenvalue weighted by Gasteiger charge is 2.23. The minimum atomic E-state index is -1.01. The molecule has 0 rings (SSSR count). The van der Waals surface area contributed by atoms with Gasteiger partial charge in [0.15, 0.2) is 0 Å². The number of nitrogens with one attached hydrogen (secondary N) is 1. The van der Waals surface area contributed by atoms with Gasteiger partial charge in [0.2, 0.25) is 4.91 Å². The lowest BCUT2D eigenvalue weighted by molar-refractivity contribution is -0.138. The van der Waals surface area contributed by atoms with E-state index in [2.05, 4.69) is 30.8 Å². The van der Waals surface area contributed by atoms with E-state index in [0.29, 0.717) is 13.0 Å². The van der Waals surface area contributed by atoms with Gasteiger partial charge in [-0.05, 0) is 6.42 Å². The molecule has 17 heavy (non-hydrogen) atoms. The summed E-state index contributed by atoms with van der Waals surface area (Å²) in [5.41, 5.74) is 12.1. The molecule has 8 heteroatoms. The SMILES string of the molecule is CC(C)(C)SSC(CN=[N+]=N)C[C@H](N)C(=O)O. The Bertz CT molecular complexity index is 300. The third-order valence-corrected chi connectivity index (χ3v) is 5.44. The Morgan fingerprint density at radius 1 is 1.59 bits per heavy atom. The summed E-state index contributed by atoms with van der Waals surface area (Å²) in [4.78, 5) is 13.6. The van der Waals surface area contributed by atoms with Gasteiger partial charge in [-0.15, -0.1) is 0 Å². The number of rotatable bonds is 7. The van der Waals surface area contributed by atoms with E-state index in [0.717, 1.165) is 0 Å². The van der Waals surface area contributed by atoms with E-state index in [4.69, 9.17) is 16.4 Å². The average molecular weight is 279 g/mol. The summed E-state index contributed by atoms with van der Waals surface area (Å²) in [7, 11) is 3.20. The minimum Gasteiger partial charge on any atom is -0.480 e. The average Bonchev–Trinajstić information content (AvgIpc) is 2.20. The zero-order valence-electron chi connectivity index (χ0n) is 10.2. The monoisotopic (exact) mass is 279 g/mol. The van der Waals surface area contributed by atoms with Crippen molar-refractivity contribution < 1.29 is 9.90 Å². The smallest absolute Gasteiger partial charge is 0.320 e. The highest BCUT2D eigenvalue weighted by Crippen LogP contribution is 2.39. The lowest BCUT2D eigenvalue weighted by atomic mass is 10.2. The predicted octanol–water partition coefficient (Wildman–Crippen LogP) is 1.89. The highest BCUT2D eigenvalue weighted by atomic mass is 33.1. The normalized spacial score (nSPS) is 14.8. The zero-order chi connectivity index (χ0) is 13.5. The molecular weight excluding hydrogens is 260 g/mol. The number of nitrogens with zero attached hydrogens (tertiary/aromatic N) is 2. The first kappa shape index (κ1) is 16.4. The molecule has 98 valence electrons. The van der Waals surface area contributed by atoms with Crippen molar-refractivity contribution in [3.63, 3.8) is 0 Å². The molecular formula is C9H19N4O2S2+. The number of nitrogens with two attached hydrogens (primary N) is 1. The van der Waals surface area contributed by atoms with Crippen molar-refractivity contribution in [1.82, 2.24) is 4.91 Å². The standard InChI is InChI=1S/C9H18N4O2S2/c1-9(2,3)17-16-6(5-12-13-11)4-7(10)8(14)15/h6-7,11H,4-5,10H2,1-3H3/p+1/t6?,7-/m0/s1. The maximum atomic E-state index is 10.7. The van der Waals surface area contributed by atoms with Gasteiger partial charge in [0.25, 0.3) is 0 Å². The van der Waals surface area contributed by atoms with Crippen molar-refractivity contribution in [2.75, 3.05) is 6.54 Å². The maximum absolute atomic E-state index is 10.7. The van der Waals surface area contributed by atoms with Crippen LogP contribution in [0.4, 0.5) is 0 Å². The van der Waals surface area contributed by atoms with Gasteiger partial charge in [-0.3, -0.25) is 4.79 Å². The number of aliphatic carboxylic acids is 1. The first-order valence-electron chi connectivity index (χ1n) is 5.12. The van der Waals surface area contributed by atoms with Crippen LogP contribution in [0.3, 0.4) is 0 Å². The molecule has 0 saturated carbocycles. The van der Waals surface area contributed by atoms with Gasteiger partial charge in [-0.1, -0.05) is 42.4 Å². The third-order valence-electron chi connectivity index (χ3n) is 1.62. The Morgan fingerprint density at radius 2 is 2.18 bits per heavy atom. The van der Waals surface area contributed by atoms with Crippen LogP contribution in [0.25, 0.3) is 0 Å². The predicted molar refractivity (Wildman–Crippen MR) is 71.1 cm³/mol. The van der Waals surface area contributed by atoms with E-state index in [1.54, 1.807) is 21.6 Å². The van der Waals surface area contributed by atoms with Crippen LogP contribution in [0.2, 0.25) is 0 Å². The number of carboxylic acid groups (broad SMARTS) is 1. The lowest BCUT2D eigenvalue weighted by Gasteiger charge is -2.20. The lowest BCUT2D eigenvalue weighted by Crippen LogP contribution is -2.34. The van der Waals surface area contributed by atoms with Gasteiger partial charge >= 0.3 is 5.97 Å². The third kappa shape index (κ3) is 9.17. The van der Waals surface area contributed by atoms with E-state index >= 15 is 0 Å². The molecule has 0 aliphatic heterocycles. The van der Waals surface area contributed by atoms with Crippen LogP contribution in [0.5, 0.6) is 0 Å². The number of carbonyl (C=O) groups is 1. The summed E-state index contributed by atoms with van der Waals surface area (Å²) < 4.78 is 0.0777. The van der Waals surface area contributed by atoms with E-state index in [1.165, 1.54) is 0 Å². The quantitative estimate of drug-likeness (QED) is 0.374. The molecule has 0 aromatic carbocycles. The minimum absolute atomic E-state index is 0.0422. The molecule has 0 radical (unpaired) electrons. The van der Waals surface area contributed by atoms with Crippen LogP contribution in [-0.4, -0.2) is 33.7 Å². The van der Waals surface area contributed by atoms with Crippen molar-refractivity contribution in [2.24, 2.45) is 10.8 Å². The van der Waals surface area contributed by atoms with E-state index in [1.807, 2.05) is 0 Å². The van der Waals surface area contributed by atoms with Crippen LogP contribution in [0.15, 0.2) is 5.11 Å². The molecule has 0 aliphatic rings. The molecule has 0 fully saturated rings. The zero-order valence-corrected chi connectivity index (χ0v) is 11.8. The summed E-state index contributed by atoms with van der Waals surface area (Å²) >= 11 is 0. The number of hydrogen-bond acceptors (Lipinski definition) is 6. The number of hydrogen-bond donors (Lipinski definition) is 3. The molecule has 2 atom stereocenters. The molecule has 0 aromatic heterocycles. The van der Waals surface area contributed by atoms with Crippen molar-refractivity contribution in [3.05, 3.63) is 0 Å². The van der Waals surface area contributed by atoms with Crippen molar-refractivity contribution >= 4 is 27.6 Å². The molecule has 0 heterocycles. The van der Waals surface area contributed by atoms with Crippen LogP contribution in [0, 0.1) is 5.53 Å². The summed E-state index contributed by atoms with van der Waals surface area (Å²) in [6.45, 7) is 6.54. The molecule has 0 saturated heterocycles. The Balaban J connectivity index is 4.32. The van der Waals surface area contributed by atoms with Crippen LogP contribution < -0.4 is 10.6 Å². The summed E-state index contributed by atoms with van der Waals surface area (Å²) in [6.07, 6.45) is 0.322. The summed E-state index contributed by atoms with van der Waals surface area (Å²) in [5.74, 6) is -1.01. The molecule has 1 unspecified atom stereocenters. The van der Waals surface area contributed by atoms with E-state index < -0.39 is 12.0 Å². The first-order chi connectivity index (χ1) is 7.76. The fourth-order valence-electron chi connectivity index (χ4n) is 0.873. The first-order valence-corrected chi connectivity index (χ1v) is 7.33. The fourth-order valence-corrected chi connectivity index (χ4v) is 3.40. The van der Waals surface area contributed by atoms with Crippen molar-refractivity contribution in [2.45, 2.75) is 43.2 Å². The summed E-state index contributed by atoms with van der Waals surface area (Å²) in [5, 5.41) is 12.3. The van der Waals surface area contributed by atoms with Gasteiger partial charge in [-0.2, -0.15) is 0 Å². The second-order valence-corrected chi connectivity index (χ2v) is 7.85. The van der Waals surface area contributed by atoms with Gasteiger partial charge in [0.1, 0.15) is 23.2 Å². The maximum Gasteiger partial charge on any atom is 0.320 e. The van der Waals surface area contributed by atoms with E-state index in [9.17, 15) is 4.79 Å². The van der Waals surface area contributed by atoms with Crippen LogP contribution in [0.1, 0.15) is 27.2 Å². The second-order valence-electron chi connectivity index (χ2n) is 4.52. The number of carboxylic acids is 1. The Labute approximate surface area is 109 Å². The molecule has 4 N–H and O–H groups in total. The van der Waals surface area contributed by atoms with Crippen LogP contribution in [-0.2, 0) is 4.79 Å². The van der Waals surface area contributed by atoms with Crippen molar-refractivity contribution in [3.8, 4) is 0 Å². The van der Waals surface area contributed by atoms with Gasteiger partial charge in [0, 0.05) is 10.00 Å². The largest absolute Gasteiger partial charge is 0.480 e. The second kappa shape index (κ2) is 7.71. The molecule has 0 spiro atoms. The van der Waals surface area contributed by atoms with Crippen molar-refractivity contribution in [1.29, 1.82) is 5.53 Å². The Morgan fingerprint density at radius 3 is 2.59 bits per heavy atom. The molecule has 6 nitrogen and oxygen atoms in total. The fraction of sp³-hybridized carbons (Fsp3) is 0.889. The summed E-state index contributed by atoms with van der Waals surface area (Å²) in [6, 6.07) is -0.894. The van der Waals surface area contributed by atoms with Gasteiger partial charge in [-0.25, -0.2) is 0 Å². The molecule has 0 aromatic rings. The van der Waals surface area contributed by atoms with Gasteiger partial charge < -0.3 is 10.8 Å². The highest BCUT2D eigenvalue weighted by molar-refractivity contribution is 8.77. The Kier molecular flexibility index (Phi) is 7.45. The van der Waals surface area contributed by atoms with E-state index in [-0.39, 0.29) is 10.00 Å². The molecule has 0 bridgehead atoms. The topological polar surface area (TPSA) is 114 Å². The van der Waals surface area contributed by atoms with Crippen LogP contribution >= 0.6 is 21.6 Å². The molecule has 0 amide bonds.